The first-order valence-electron chi connectivity index (χ1n) is 4.48. The van der Waals surface area contributed by atoms with Crippen LogP contribution in [0.5, 0.6) is 0 Å². The van der Waals surface area contributed by atoms with Crippen LogP contribution >= 0.6 is 15.9 Å². The lowest BCUT2D eigenvalue weighted by molar-refractivity contribution is -0.330. The van der Waals surface area contributed by atoms with E-state index in [4.69, 9.17) is 9.84 Å². The minimum atomic E-state index is -2.71. The predicted octanol–water partition coefficient (Wildman–Crippen LogP) is -2.54. The second-order valence-electron chi connectivity index (χ2n) is 3.66. The Morgan fingerprint density at radius 1 is 1.44 bits per heavy atom. The second kappa shape index (κ2) is 4.30. The van der Waals surface area contributed by atoms with Gasteiger partial charge in [-0.3, -0.25) is 4.79 Å². The molecule has 0 bridgehead atoms. The van der Waals surface area contributed by atoms with Gasteiger partial charge in [0.2, 0.25) is 5.60 Å². The van der Waals surface area contributed by atoms with E-state index in [1.165, 1.54) is 0 Å². The molecule has 0 aromatic heterocycles. The molecule has 0 aromatic carbocycles. The molecule has 0 spiro atoms. The monoisotopic (exact) mass is 300 g/mol. The van der Waals surface area contributed by atoms with Gasteiger partial charge in [0.05, 0.1) is 6.61 Å². The summed E-state index contributed by atoms with van der Waals surface area (Å²) in [6.07, 6.45) is -5.00. The van der Waals surface area contributed by atoms with Crippen LogP contribution in [0, 0.1) is 0 Å². The molecule has 8 heteroatoms. The summed E-state index contributed by atoms with van der Waals surface area (Å²) < 4.78 is 2.15. The van der Waals surface area contributed by atoms with Gasteiger partial charge in [0.1, 0.15) is 18.3 Å². The first-order chi connectivity index (χ1) is 7.18. The summed E-state index contributed by atoms with van der Waals surface area (Å²) in [6, 6.07) is 0. The zero-order chi connectivity index (χ0) is 12.7. The number of alkyl halides is 1. The molecule has 1 aliphatic heterocycles. The molecule has 7 nitrogen and oxygen atoms in total. The van der Waals surface area contributed by atoms with Gasteiger partial charge >= 0.3 is 0 Å². The van der Waals surface area contributed by atoms with E-state index in [1.54, 1.807) is 0 Å². The van der Waals surface area contributed by atoms with Gasteiger partial charge in [-0.15, -0.1) is 0 Å². The quantitative estimate of drug-likeness (QED) is 0.356. The third-order valence-electron chi connectivity index (χ3n) is 2.63. The number of ketones is 1. The molecular formula is C8H13BrO7. The maximum absolute atomic E-state index is 11.2. The lowest BCUT2D eigenvalue weighted by atomic mass is 9.83. The van der Waals surface area contributed by atoms with E-state index < -0.39 is 41.0 Å². The highest BCUT2D eigenvalue weighted by Gasteiger charge is 2.65. The fourth-order valence-corrected chi connectivity index (χ4v) is 2.32. The van der Waals surface area contributed by atoms with Gasteiger partial charge < -0.3 is 30.3 Å². The van der Waals surface area contributed by atoms with Crippen molar-refractivity contribution in [2.24, 2.45) is 0 Å². The van der Waals surface area contributed by atoms with Gasteiger partial charge in [-0.2, -0.15) is 0 Å². The van der Waals surface area contributed by atoms with Gasteiger partial charge in [0.15, 0.2) is 5.78 Å². The van der Waals surface area contributed by atoms with E-state index in [0.29, 0.717) is 0 Å². The maximum Gasteiger partial charge on any atom is 0.264 e. The number of Topliss-reactive ketones (excluding diaryl/α,β-unsaturated/α-hetero) is 1. The predicted molar refractivity (Wildman–Crippen MR) is 53.5 cm³/mol. The Bertz CT molecular complexity index is 294. The molecule has 5 N–H and O–H groups in total. The average molecular weight is 301 g/mol. The average Bonchev–Trinajstić information content (AvgIpc) is 2.20. The Kier molecular flexibility index (Phi) is 3.75. The van der Waals surface area contributed by atoms with E-state index in [-0.39, 0.29) is 0 Å². The zero-order valence-electron chi connectivity index (χ0n) is 8.37. The molecule has 1 aliphatic rings. The minimum absolute atomic E-state index is 0.694. The van der Waals surface area contributed by atoms with Crippen LogP contribution < -0.4 is 0 Å². The highest BCUT2D eigenvalue weighted by Crippen LogP contribution is 2.41. The molecular weight excluding hydrogens is 288 g/mol. The molecule has 1 rings (SSSR count). The Labute approximate surface area is 99.4 Å². The summed E-state index contributed by atoms with van der Waals surface area (Å²) >= 11 is 2.54. The minimum Gasteiger partial charge on any atom is -0.394 e. The van der Waals surface area contributed by atoms with Crippen molar-refractivity contribution in [3.05, 3.63) is 0 Å². The van der Waals surface area contributed by atoms with Gasteiger partial charge in [0.25, 0.3) is 4.70 Å². The SMILES string of the molecule is CC(=O)[C@@]1(O)[C@@H](O)[C@H](O)[C@@H](CO)O[C@@]1(O)Br. The number of halogens is 1. The summed E-state index contributed by atoms with van der Waals surface area (Å²) in [5, 5.41) is 47.5. The van der Waals surface area contributed by atoms with Crippen molar-refractivity contribution in [1.29, 1.82) is 0 Å². The molecule has 1 fully saturated rings. The van der Waals surface area contributed by atoms with Crippen LogP contribution in [0.25, 0.3) is 0 Å². The third-order valence-corrected chi connectivity index (χ3v) is 3.42. The van der Waals surface area contributed by atoms with Crippen molar-refractivity contribution in [3.8, 4) is 0 Å². The van der Waals surface area contributed by atoms with Crippen molar-refractivity contribution >= 4 is 21.7 Å². The topological polar surface area (TPSA) is 127 Å². The van der Waals surface area contributed by atoms with E-state index in [0.717, 1.165) is 6.92 Å². The molecule has 0 radical (unpaired) electrons. The largest absolute Gasteiger partial charge is 0.394 e. The Morgan fingerprint density at radius 2 is 1.94 bits per heavy atom. The van der Waals surface area contributed by atoms with E-state index in [2.05, 4.69) is 15.9 Å². The van der Waals surface area contributed by atoms with Crippen LogP contribution in [0.3, 0.4) is 0 Å². The van der Waals surface area contributed by atoms with Crippen molar-refractivity contribution in [2.45, 2.75) is 35.5 Å². The van der Waals surface area contributed by atoms with Gasteiger partial charge in [-0.05, 0) is 22.9 Å². The molecule has 0 unspecified atom stereocenters. The number of hydrogen-bond acceptors (Lipinski definition) is 7. The number of ether oxygens (including phenoxy) is 1. The first kappa shape index (κ1) is 14.0. The van der Waals surface area contributed by atoms with Gasteiger partial charge in [-0.25, -0.2) is 0 Å². The molecule has 0 aliphatic carbocycles. The number of carbonyl (C=O) groups is 1. The summed E-state index contributed by atoms with van der Waals surface area (Å²) in [5.74, 6) is -0.991. The van der Waals surface area contributed by atoms with Crippen molar-refractivity contribution < 1.29 is 35.1 Å². The summed E-state index contributed by atoms with van der Waals surface area (Å²) in [5.41, 5.74) is -2.71. The lowest BCUT2D eigenvalue weighted by Crippen LogP contribution is -2.73. The van der Waals surface area contributed by atoms with Crippen molar-refractivity contribution in [1.82, 2.24) is 0 Å². The number of rotatable bonds is 2. The highest BCUT2D eigenvalue weighted by molar-refractivity contribution is 9.10. The zero-order valence-corrected chi connectivity index (χ0v) is 9.96. The fraction of sp³-hybridized carbons (Fsp3) is 0.875. The highest BCUT2D eigenvalue weighted by atomic mass is 79.9. The van der Waals surface area contributed by atoms with Crippen molar-refractivity contribution in [3.63, 3.8) is 0 Å². The molecule has 1 heterocycles. The molecule has 0 saturated carbocycles. The third kappa shape index (κ3) is 1.80. The molecule has 94 valence electrons. The summed E-state index contributed by atoms with van der Waals surface area (Å²) in [6.45, 7) is 0.227. The first-order valence-corrected chi connectivity index (χ1v) is 5.27. The van der Waals surface area contributed by atoms with Crippen LogP contribution in [0.15, 0.2) is 0 Å². The molecule has 1 saturated heterocycles. The van der Waals surface area contributed by atoms with Crippen LogP contribution in [0.4, 0.5) is 0 Å². The molecule has 0 aromatic rings. The smallest absolute Gasteiger partial charge is 0.264 e. The summed E-state index contributed by atoms with van der Waals surface area (Å²) in [7, 11) is 0. The fourth-order valence-electron chi connectivity index (χ4n) is 1.56. The standard InChI is InChI=1S/C8H13BrO7/c1-3(11)7(14)6(13)5(12)4(2-10)16-8(7,9)15/h4-6,10,12-15H,2H2,1H3/t4-,5-,6+,7-,8-/m1/s1. The van der Waals surface area contributed by atoms with Crippen LogP contribution in [-0.2, 0) is 9.53 Å². The van der Waals surface area contributed by atoms with Crippen LogP contribution in [-0.4, -0.2) is 66.5 Å². The van der Waals surface area contributed by atoms with Crippen LogP contribution in [0.2, 0.25) is 0 Å². The molecule has 0 amide bonds. The number of aliphatic hydroxyl groups is 5. The van der Waals surface area contributed by atoms with Gasteiger partial charge in [0, 0.05) is 0 Å². The van der Waals surface area contributed by atoms with Gasteiger partial charge in [-0.1, -0.05) is 0 Å². The molecule has 5 atom stereocenters. The lowest BCUT2D eigenvalue weighted by Gasteiger charge is -2.48. The maximum atomic E-state index is 11.2. The second-order valence-corrected chi connectivity index (χ2v) is 4.73. The van der Waals surface area contributed by atoms with E-state index in [9.17, 15) is 25.2 Å². The van der Waals surface area contributed by atoms with E-state index in [1.807, 2.05) is 0 Å². The summed E-state index contributed by atoms with van der Waals surface area (Å²) in [4.78, 5) is 11.2. The van der Waals surface area contributed by atoms with Crippen LogP contribution in [0.1, 0.15) is 6.92 Å². The Morgan fingerprint density at radius 3 is 2.31 bits per heavy atom. The normalized spacial score (nSPS) is 49.1. The molecule has 16 heavy (non-hydrogen) atoms. The van der Waals surface area contributed by atoms with Crippen molar-refractivity contribution in [2.75, 3.05) is 6.61 Å². The Hall–Kier alpha value is -0.0900. The Balaban J connectivity index is 3.15. The van der Waals surface area contributed by atoms with E-state index >= 15 is 0 Å². The number of hydrogen-bond donors (Lipinski definition) is 5. The number of aliphatic hydroxyl groups excluding tert-OH is 3. The number of carbonyl (C=O) groups excluding carboxylic acids is 1.